The second kappa shape index (κ2) is 7.28. The lowest BCUT2D eigenvalue weighted by atomic mass is 10.3. The number of rotatable bonds is 6. The van der Waals surface area contributed by atoms with Crippen LogP contribution >= 0.6 is 11.8 Å². The smallest absolute Gasteiger partial charge is 0.142 e. The minimum Gasteiger partial charge on any atom is -0.489 e. The summed E-state index contributed by atoms with van der Waals surface area (Å²) in [6.07, 6.45) is -0.822. The Labute approximate surface area is 125 Å². The first-order valence-corrected chi connectivity index (χ1v) is 7.28. The van der Waals surface area contributed by atoms with E-state index in [1.807, 2.05) is 0 Å². The molecule has 0 heterocycles. The Balaban J connectivity index is 1.84. The first-order chi connectivity index (χ1) is 10.1. The van der Waals surface area contributed by atoms with Crippen molar-refractivity contribution in [1.29, 1.82) is 0 Å². The molecule has 0 amide bonds. The van der Waals surface area contributed by atoms with Crippen molar-refractivity contribution in [1.82, 2.24) is 0 Å². The molecule has 0 aliphatic rings. The van der Waals surface area contributed by atoms with Crippen molar-refractivity contribution < 1.29 is 18.6 Å². The first-order valence-electron chi connectivity index (χ1n) is 6.29. The molecule has 2 aromatic carbocycles. The fraction of sp³-hybridized carbons (Fsp3) is 0.200. The van der Waals surface area contributed by atoms with Crippen LogP contribution < -0.4 is 10.5 Å². The zero-order valence-corrected chi connectivity index (χ0v) is 11.9. The van der Waals surface area contributed by atoms with E-state index in [0.29, 0.717) is 11.4 Å². The van der Waals surface area contributed by atoms with E-state index in [4.69, 9.17) is 10.5 Å². The monoisotopic (exact) mass is 311 g/mol. The molecule has 2 aromatic rings. The number of para-hydroxylation sites is 2. The van der Waals surface area contributed by atoms with E-state index in [9.17, 15) is 13.9 Å². The minimum atomic E-state index is -0.822. The van der Waals surface area contributed by atoms with Gasteiger partial charge in [0.15, 0.2) is 0 Å². The summed E-state index contributed by atoms with van der Waals surface area (Å²) in [5, 5.41) is 9.82. The molecule has 3 nitrogen and oxygen atoms in total. The second-order valence-corrected chi connectivity index (χ2v) is 5.45. The highest BCUT2D eigenvalue weighted by Crippen LogP contribution is 2.24. The summed E-state index contributed by atoms with van der Waals surface area (Å²) in [5.74, 6) is -0.352. The van der Waals surface area contributed by atoms with Crippen LogP contribution in [0, 0.1) is 11.6 Å². The number of ether oxygens (including phenoxy) is 1. The van der Waals surface area contributed by atoms with Crippen LogP contribution in [0.4, 0.5) is 14.5 Å². The van der Waals surface area contributed by atoms with Crippen molar-refractivity contribution in [2.75, 3.05) is 18.1 Å². The number of nitrogen functional groups attached to an aromatic ring is 1. The molecule has 112 valence electrons. The van der Waals surface area contributed by atoms with E-state index < -0.39 is 17.7 Å². The zero-order valence-electron chi connectivity index (χ0n) is 11.1. The Hall–Kier alpha value is -1.79. The summed E-state index contributed by atoms with van der Waals surface area (Å²) in [7, 11) is 0. The van der Waals surface area contributed by atoms with Gasteiger partial charge in [0.25, 0.3) is 0 Å². The molecule has 1 atom stereocenters. The summed E-state index contributed by atoms with van der Waals surface area (Å²) >= 11 is 1.03. The molecule has 0 spiro atoms. The van der Waals surface area contributed by atoms with Crippen molar-refractivity contribution in [2.24, 2.45) is 0 Å². The third-order valence-electron chi connectivity index (χ3n) is 2.67. The van der Waals surface area contributed by atoms with Gasteiger partial charge in [0.2, 0.25) is 0 Å². The first kappa shape index (κ1) is 15.6. The average Bonchev–Trinajstić information content (AvgIpc) is 2.47. The molecule has 0 aromatic heterocycles. The number of hydrogen-bond acceptors (Lipinski definition) is 4. The fourth-order valence-electron chi connectivity index (χ4n) is 1.62. The molecule has 0 radical (unpaired) electrons. The Morgan fingerprint density at radius 2 is 1.95 bits per heavy atom. The van der Waals surface area contributed by atoms with Gasteiger partial charge in [-0.1, -0.05) is 12.1 Å². The van der Waals surface area contributed by atoms with Gasteiger partial charge in [-0.3, -0.25) is 0 Å². The van der Waals surface area contributed by atoms with Crippen LogP contribution in [0.3, 0.4) is 0 Å². The van der Waals surface area contributed by atoms with Crippen molar-refractivity contribution in [2.45, 2.75) is 11.0 Å². The number of hydrogen-bond donors (Lipinski definition) is 2. The minimum absolute atomic E-state index is 0.0259. The molecule has 0 aliphatic heterocycles. The molecule has 2 rings (SSSR count). The third-order valence-corrected chi connectivity index (χ3v) is 3.85. The summed E-state index contributed by atoms with van der Waals surface area (Å²) in [6, 6.07) is 10.2. The maximum Gasteiger partial charge on any atom is 0.142 e. The predicted molar refractivity (Wildman–Crippen MR) is 79.4 cm³/mol. The van der Waals surface area contributed by atoms with E-state index in [2.05, 4.69) is 0 Å². The Kier molecular flexibility index (Phi) is 5.41. The highest BCUT2D eigenvalue weighted by molar-refractivity contribution is 7.99. The molecule has 0 saturated carbocycles. The number of halogens is 2. The summed E-state index contributed by atoms with van der Waals surface area (Å²) < 4.78 is 31.8. The predicted octanol–water partition coefficient (Wildman–Crippen LogP) is 3.08. The van der Waals surface area contributed by atoms with E-state index >= 15 is 0 Å². The van der Waals surface area contributed by atoms with Gasteiger partial charge >= 0.3 is 0 Å². The molecular formula is C15H15F2NO2S. The van der Waals surface area contributed by atoms with Crippen molar-refractivity contribution >= 4 is 17.4 Å². The molecule has 21 heavy (non-hydrogen) atoms. The topological polar surface area (TPSA) is 55.5 Å². The van der Waals surface area contributed by atoms with Crippen LogP contribution in [0.15, 0.2) is 47.4 Å². The van der Waals surface area contributed by atoms with Gasteiger partial charge in [-0.05, 0) is 30.3 Å². The maximum absolute atomic E-state index is 13.4. The summed E-state index contributed by atoms with van der Waals surface area (Å²) in [5.41, 5.74) is 6.19. The lowest BCUT2D eigenvalue weighted by Crippen LogP contribution is -2.20. The Morgan fingerprint density at radius 3 is 2.71 bits per heavy atom. The lowest BCUT2D eigenvalue weighted by molar-refractivity contribution is 0.127. The largest absolute Gasteiger partial charge is 0.489 e. The quantitative estimate of drug-likeness (QED) is 0.636. The summed E-state index contributed by atoms with van der Waals surface area (Å²) in [6.45, 7) is 0.0259. The number of nitrogens with two attached hydrogens (primary N) is 1. The Bertz CT molecular complexity index is 610. The standard InChI is InChI=1S/C15H15F2NO2S/c16-10-5-6-12(17)15(7-10)21-9-11(19)8-20-14-4-2-1-3-13(14)18/h1-7,11,19H,8-9,18H2. The summed E-state index contributed by atoms with van der Waals surface area (Å²) in [4.78, 5) is 0.160. The van der Waals surface area contributed by atoms with E-state index in [-0.39, 0.29) is 17.3 Å². The second-order valence-electron chi connectivity index (χ2n) is 4.39. The number of anilines is 1. The van der Waals surface area contributed by atoms with Crippen LogP contribution in [-0.4, -0.2) is 23.6 Å². The van der Waals surface area contributed by atoms with Crippen molar-refractivity contribution in [3.8, 4) is 5.75 Å². The highest BCUT2D eigenvalue weighted by atomic mass is 32.2. The molecule has 0 aliphatic carbocycles. The van der Waals surface area contributed by atoms with Gasteiger partial charge in [0, 0.05) is 10.6 Å². The molecule has 0 fully saturated rings. The average molecular weight is 311 g/mol. The normalized spacial score (nSPS) is 12.1. The molecular weight excluding hydrogens is 296 g/mol. The van der Waals surface area contributed by atoms with E-state index in [0.717, 1.165) is 30.0 Å². The molecule has 3 N–H and O–H groups in total. The van der Waals surface area contributed by atoms with Crippen molar-refractivity contribution in [3.05, 3.63) is 54.1 Å². The van der Waals surface area contributed by atoms with Crippen LogP contribution in [0.25, 0.3) is 0 Å². The third kappa shape index (κ3) is 4.61. The molecule has 6 heteroatoms. The Morgan fingerprint density at radius 1 is 1.19 bits per heavy atom. The number of aliphatic hydroxyl groups excluding tert-OH is 1. The van der Waals surface area contributed by atoms with E-state index in [1.54, 1.807) is 24.3 Å². The molecule has 1 unspecified atom stereocenters. The van der Waals surface area contributed by atoms with Gasteiger partial charge in [-0.25, -0.2) is 8.78 Å². The highest BCUT2D eigenvalue weighted by Gasteiger charge is 2.10. The number of thioether (sulfide) groups is 1. The van der Waals surface area contributed by atoms with Crippen molar-refractivity contribution in [3.63, 3.8) is 0 Å². The van der Waals surface area contributed by atoms with Gasteiger partial charge in [0.05, 0.1) is 11.8 Å². The van der Waals surface area contributed by atoms with E-state index in [1.165, 1.54) is 0 Å². The van der Waals surface area contributed by atoms with Gasteiger partial charge in [-0.2, -0.15) is 0 Å². The van der Waals surface area contributed by atoms with Crippen LogP contribution in [0.2, 0.25) is 0 Å². The maximum atomic E-state index is 13.4. The van der Waals surface area contributed by atoms with Gasteiger partial charge in [-0.15, -0.1) is 11.8 Å². The molecule has 0 saturated heterocycles. The number of benzene rings is 2. The van der Waals surface area contributed by atoms with Crippen LogP contribution in [0.5, 0.6) is 5.75 Å². The fourth-order valence-corrected chi connectivity index (χ4v) is 2.49. The van der Waals surface area contributed by atoms with Crippen LogP contribution in [-0.2, 0) is 0 Å². The number of aliphatic hydroxyl groups is 1. The van der Waals surface area contributed by atoms with Crippen LogP contribution in [0.1, 0.15) is 0 Å². The van der Waals surface area contributed by atoms with Gasteiger partial charge < -0.3 is 15.6 Å². The SMILES string of the molecule is Nc1ccccc1OCC(O)CSc1cc(F)ccc1F. The lowest BCUT2D eigenvalue weighted by Gasteiger charge is -2.13. The zero-order chi connectivity index (χ0) is 15.2. The van der Waals surface area contributed by atoms with Gasteiger partial charge in [0.1, 0.15) is 24.0 Å². The molecule has 0 bridgehead atoms.